The van der Waals surface area contributed by atoms with Crippen LogP contribution in [0.2, 0.25) is 0 Å². The number of ketones is 1. The van der Waals surface area contributed by atoms with Gasteiger partial charge in [0.1, 0.15) is 11.3 Å². The van der Waals surface area contributed by atoms with Gasteiger partial charge in [0.15, 0.2) is 28.7 Å². The lowest BCUT2D eigenvalue weighted by Crippen LogP contribution is -2.31. The second-order valence-corrected chi connectivity index (χ2v) is 10.0. The molecule has 0 aliphatic heterocycles. The number of amides is 2. The third-order valence-corrected chi connectivity index (χ3v) is 6.06. The van der Waals surface area contributed by atoms with Gasteiger partial charge in [0.25, 0.3) is 5.91 Å². The van der Waals surface area contributed by atoms with E-state index in [9.17, 15) is 27.6 Å². The van der Waals surface area contributed by atoms with Crippen molar-refractivity contribution >= 4 is 34.3 Å². The second kappa shape index (κ2) is 12.1. The molecule has 0 aliphatic carbocycles. The first-order valence-corrected chi connectivity index (χ1v) is 12.8. The van der Waals surface area contributed by atoms with Crippen LogP contribution in [0.1, 0.15) is 61.0 Å². The Morgan fingerprint density at radius 2 is 1.63 bits per heavy atom. The third kappa shape index (κ3) is 6.72. The van der Waals surface area contributed by atoms with Gasteiger partial charge in [-0.25, -0.2) is 4.98 Å². The fraction of sp³-hybridized carbons (Fsp3) is 0.429. The van der Waals surface area contributed by atoms with E-state index in [4.69, 9.17) is 14.2 Å². The van der Waals surface area contributed by atoms with Crippen LogP contribution < -0.4 is 24.8 Å². The number of Topliss-reactive ketones (excluding diaryl/α,β-unsaturated/α-hetero) is 1. The average molecular weight is 579 g/mol. The fourth-order valence-corrected chi connectivity index (χ4v) is 4.19. The first kappa shape index (κ1) is 31.2. The van der Waals surface area contributed by atoms with Crippen molar-refractivity contribution < 1.29 is 41.8 Å². The molecule has 13 heteroatoms. The number of nitrogens with zero attached hydrogens (tertiary/aromatic N) is 2. The van der Waals surface area contributed by atoms with E-state index >= 15 is 0 Å². The summed E-state index contributed by atoms with van der Waals surface area (Å²) >= 11 is 0. The van der Waals surface area contributed by atoms with E-state index in [0.717, 1.165) is 4.57 Å². The van der Waals surface area contributed by atoms with Gasteiger partial charge in [-0.05, 0) is 37.5 Å². The van der Waals surface area contributed by atoms with Crippen molar-refractivity contribution in [2.24, 2.45) is 0 Å². The van der Waals surface area contributed by atoms with E-state index in [0.29, 0.717) is 23.7 Å². The predicted octanol–water partition coefficient (Wildman–Crippen LogP) is 4.88. The summed E-state index contributed by atoms with van der Waals surface area (Å²) in [7, 11) is 2.85. The molecule has 2 amide bonds. The molecule has 0 saturated carbocycles. The minimum Gasteiger partial charge on any atom is -0.493 e. The molecule has 2 N–H and O–H groups in total. The number of carbonyl (C=O) groups excluding carboxylic acids is 3. The van der Waals surface area contributed by atoms with Crippen LogP contribution in [-0.2, 0) is 16.8 Å². The van der Waals surface area contributed by atoms with Crippen LogP contribution in [0.15, 0.2) is 24.4 Å². The van der Waals surface area contributed by atoms with E-state index in [-0.39, 0.29) is 34.5 Å². The normalized spacial score (nSPS) is 11.8. The van der Waals surface area contributed by atoms with Gasteiger partial charge in [-0.3, -0.25) is 14.4 Å². The number of halogens is 3. The maximum absolute atomic E-state index is 13.6. The molecule has 0 atom stereocenters. The first-order chi connectivity index (χ1) is 19.2. The number of fused-ring (bicyclic) bond motifs is 1. The molecule has 0 aliphatic rings. The summed E-state index contributed by atoms with van der Waals surface area (Å²) in [5, 5.41) is 4.46. The minimum atomic E-state index is -5.22. The van der Waals surface area contributed by atoms with Crippen molar-refractivity contribution in [1.82, 2.24) is 14.9 Å². The molecular formula is C28H33F3N4O6. The van der Waals surface area contributed by atoms with Crippen molar-refractivity contribution in [1.29, 1.82) is 0 Å². The first-order valence-electron chi connectivity index (χ1n) is 12.8. The Labute approximate surface area is 235 Å². The van der Waals surface area contributed by atoms with E-state index < -0.39 is 41.6 Å². The van der Waals surface area contributed by atoms with Crippen molar-refractivity contribution in [3.8, 4) is 17.2 Å². The Kier molecular flexibility index (Phi) is 9.19. The van der Waals surface area contributed by atoms with Gasteiger partial charge < -0.3 is 29.4 Å². The smallest absolute Gasteiger partial charge is 0.471 e. The summed E-state index contributed by atoms with van der Waals surface area (Å²) in [4.78, 5) is 42.2. The highest BCUT2D eigenvalue weighted by Crippen LogP contribution is 2.40. The number of aromatic nitrogens is 2. The Morgan fingerprint density at radius 3 is 2.17 bits per heavy atom. The van der Waals surface area contributed by atoms with Gasteiger partial charge in [0.05, 0.1) is 26.9 Å². The highest BCUT2D eigenvalue weighted by molar-refractivity contribution is 6.05. The molecule has 3 aromatic rings. The van der Waals surface area contributed by atoms with Crippen LogP contribution in [0, 0.1) is 0 Å². The van der Waals surface area contributed by atoms with Gasteiger partial charge in [-0.2, -0.15) is 13.2 Å². The molecule has 2 aromatic heterocycles. The molecule has 0 spiro atoms. The number of hydrogen-bond acceptors (Lipinski definition) is 7. The maximum Gasteiger partial charge on any atom is 0.471 e. The number of anilines is 1. The summed E-state index contributed by atoms with van der Waals surface area (Å²) in [6.45, 7) is 9.29. The summed E-state index contributed by atoms with van der Waals surface area (Å²) in [5.41, 5.74) is 0.143. The highest BCUT2D eigenvalue weighted by Gasteiger charge is 2.40. The number of benzene rings is 1. The number of hydrogen-bond donors (Lipinski definition) is 2. The van der Waals surface area contributed by atoms with Crippen LogP contribution in [0.3, 0.4) is 0 Å². The van der Waals surface area contributed by atoms with Gasteiger partial charge in [0.2, 0.25) is 0 Å². The zero-order valence-corrected chi connectivity index (χ0v) is 23.9. The molecule has 3 rings (SSSR count). The van der Waals surface area contributed by atoms with E-state index in [2.05, 4.69) is 10.3 Å². The molecule has 10 nitrogen and oxygen atoms in total. The molecule has 0 bridgehead atoms. The van der Waals surface area contributed by atoms with Gasteiger partial charge in [-0.1, -0.05) is 20.8 Å². The number of nitrogens with one attached hydrogen (secondary N) is 2. The SMILES string of the molecule is CCOc1cc2cn(CC(=O)c3cc(OCC)c(OC)c(C(C)(C)C)c3)c(NC(=O)C(F)(F)F)c2nc1C(=O)NC. The van der Waals surface area contributed by atoms with Gasteiger partial charge in [0, 0.05) is 29.8 Å². The molecule has 0 fully saturated rings. The number of rotatable bonds is 10. The van der Waals surface area contributed by atoms with E-state index in [1.165, 1.54) is 32.5 Å². The molecule has 1 aromatic carbocycles. The van der Waals surface area contributed by atoms with Crippen molar-refractivity contribution in [2.45, 2.75) is 52.8 Å². The number of ether oxygens (including phenoxy) is 3. The summed E-state index contributed by atoms with van der Waals surface area (Å²) in [6.07, 6.45) is -3.86. The summed E-state index contributed by atoms with van der Waals surface area (Å²) < 4.78 is 57.7. The summed E-state index contributed by atoms with van der Waals surface area (Å²) in [6, 6.07) is 4.57. The Morgan fingerprint density at radius 1 is 1.00 bits per heavy atom. The van der Waals surface area contributed by atoms with Crippen LogP contribution in [0.25, 0.3) is 10.9 Å². The number of alkyl halides is 3. The monoisotopic (exact) mass is 578 g/mol. The molecule has 0 unspecified atom stereocenters. The number of pyridine rings is 1. The predicted molar refractivity (Wildman–Crippen MR) is 146 cm³/mol. The quantitative estimate of drug-likeness (QED) is 0.329. The lowest BCUT2D eigenvalue weighted by Gasteiger charge is -2.25. The van der Waals surface area contributed by atoms with Gasteiger partial charge in [-0.15, -0.1) is 0 Å². The summed E-state index contributed by atoms with van der Waals surface area (Å²) in [5.74, 6) is -2.91. The van der Waals surface area contributed by atoms with Crippen molar-refractivity contribution in [2.75, 3.05) is 32.7 Å². The fourth-order valence-electron chi connectivity index (χ4n) is 4.19. The standard InChI is InChI=1S/C28H33F3N4O6/c1-8-40-19-12-16-13-35(24(34-26(38)28(29,30)31)21(16)33-22(19)25(37)32-6)14-18(36)15-10-17(27(3,4)5)23(39-7)20(11-15)41-9-2/h10-13H,8-9,14H2,1-7H3,(H,32,37)(H,34,38). The van der Waals surface area contributed by atoms with Crippen molar-refractivity contribution in [3.05, 3.63) is 41.2 Å². The molecule has 2 heterocycles. The van der Waals surface area contributed by atoms with Crippen molar-refractivity contribution in [3.63, 3.8) is 0 Å². The zero-order chi connectivity index (χ0) is 30.7. The molecule has 0 radical (unpaired) electrons. The zero-order valence-electron chi connectivity index (χ0n) is 23.9. The van der Waals surface area contributed by atoms with Crippen LogP contribution in [-0.4, -0.2) is 60.7 Å². The molecule has 222 valence electrons. The number of carbonyl (C=O) groups is 3. The second-order valence-electron chi connectivity index (χ2n) is 10.0. The van der Waals surface area contributed by atoms with Crippen LogP contribution >= 0.6 is 0 Å². The third-order valence-electron chi connectivity index (χ3n) is 6.06. The minimum absolute atomic E-state index is 0.0860. The topological polar surface area (TPSA) is 121 Å². The van der Waals surface area contributed by atoms with E-state index in [1.54, 1.807) is 19.9 Å². The Bertz CT molecular complexity index is 1470. The highest BCUT2D eigenvalue weighted by atomic mass is 19.4. The average Bonchev–Trinajstić information content (AvgIpc) is 3.21. The lowest BCUT2D eigenvalue weighted by molar-refractivity contribution is -0.167. The Hall–Kier alpha value is -4.29. The van der Waals surface area contributed by atoms with Crippen LogP contribution in [0.4, 0.5) is 19.0 Å². The largest absolute Gasteiger partial charge is 0.493 e. The maximum atomic E-state index is 13.6. The van der Waals surface area contributed by atoms with Crippen LogP contribution in [0.5, 0.6) is 17.2 Å². The molecule has 41 heavy (non-hydrogen) atoms. The van der Waals surface area contributed by atoms with Gasteiger partial charge >= 0.3 is 12.1 Å². The van der Waals surface area contributed by atoms with E-state index in [1.807, 2.05) is 26.1 Å². The molecular weight excluding hydrogens is 545 g/mol. The number of methoxy groups -OCH3 is 1. The Balaban J connectivity index is 2.20. The molecule has 0 saturated heterocycles. The lowest BCUT2D eigenvalue weighted by atomic mass is 9.84.